The van der Waals surface area contributed by atoms with Crippen molar-refractivity contribution in [2.45, 2.75) is 316 Å². The fraction of sp³-hybridized carbons (Fsp3) is 0.693. The molecular formula is C101H149FN8O27. The van der Waals surface area contributed by atoms with E-state index in [1.54, 1.807) is 120 Å². The number of amides is 1. The number of piperazine rings is 1. The first-order chi connectivity index (χ1) is 64.2. The third-order valence-corrected chi connectivity index (χ3v) is 29.9. The van der Waals surface area contributed by atoms with E-state index in [9.17, 15) is 83.9 Å². The normalized spacial score (nSPS) is 36.3. The summed E-state index contributed by atoms with van der Waals surface area (Å²) in [6.07, 6.45) is -0.367. The van der Waals surface area contributed by atoms with Gasteiger partial charge in [-0.3, -0.25) is 33.8 Å². The second-order valence-corrected chi connectivity index (χ2v) is 41.0. The van der Waals surface area contributed by atoms with E-state index in [4.69, 9.17) is 57.1 Å². The Labute approximate surface area is 801 Å². The predicted octanol–water partition coefficient (Wildman–Crippen LogP) is 8.77. The smallest absolute Gasteiger partial charge is 0.341 e. The van der Waals surface area contributed by atoms with Crippen LogP contribution < -0.4 is 36.4 Å². The number of phenolic OH excluding ortho intramolecular Hbond substituents is 2. The average Bonchev–Trinajstić information content (AvgIpc) is 1.54. The molecule has 1 saturated carbocycles. The molecule has 4 aromatic rings. The molecular weight excluding hydrogens is 1780 g/mol. The highest BCUT2D eigenvalue weighted by Crippen LogP contribution is 2.53. The standard InChI is InChI=1S/C46H62N4O11.C38H69NO13.C17H18FN3O3/c1-22(2)21-50-18-16-46(17-19-50)48-34-31-32-39(54)28(8)42-33(31)43(56)45(10,61-42)59-20-15-30(58-11)25(5)41(60-29(9)51)27(7)38(53)26(6)37(52)23(3)13-12-14-24(4)44(57)47-36(40(32)55)35(34)49-46;1-15-26-38(10,45)31(42)21(4)28(40)19(2)17-37(9,47-14)33(52-35-29(41)25(39(11)12)16-20(3)48-35)22(5)30(23(6)34(44)50-26)51-27-18-36(8,46-13)32(43)24(7)49-27;18-13-7-11-14(8-15(13)20-5-3-19-4-6-20)21(10-1-2-10)9-12(16(11)22)17(23)24/h12-15,20,22-23,25-27,30,37-38,41,48,52-55H,16-19,21H2,1-11H3;19-27,29-33,35,41-43,45H,15-18H2,1-14H3;7-10,19H,1-6H2,(H,23,24)/b13-12+,20-15+,24-14-,47-36?;;/t23-,25+,26+,27+,30-,37-,38+,41+,45-;19-,20-,21+,22+,23-,24+,25+,26-,27+,29-,30+,31-,32+,33-,35+,36-,37-,38-;/m01./s1. The molecule has 27 atom stereocenters. The van der Waals surface area contributed by atoms with Crippen molar-refractivity contribution < 1.29 is 131 Å². The highest BCUT2D eigenvalue weighted by Gasteiger charge is 2.57. The molecule has 1 spiro atoms. The highest BCUT2D eigenvalue weighted by atomic mass is 19.1. The lowest BCUT2D eigenvalue weighted by Gasteiger charge is -2.50. The van der Waals surface area contributed by atoms with Crippen molar-refractivity contribution >= 4 is 68.4 Å². The summed E-state index contributed by atoms with van der Waals surface area (Å²) in [5.74, 6) is -12.8. The van der Waals surface area contributed by atoms with E-state index in [2.05, 4.69) is 34.4 Å². The summed E-state index contributed by atoms with van der Waals surface area (Å²) in [5.41, 5.74) is -4.20. The van der Waals surface area contributed by atoms with Crippen LogP contribution in [0, 0.1) is 66.0 Å². The van der Waals surface area contributed by atoms with Crippen LogP contribution in [-0.4, -0.2) is 297 Å². The van der Waals surface area contributed by atoms with Gasteiger partial charge in [-0.2, -0.15) is 0 Å². The number of anilines is 2. The Kier molecular flexibility index (Phi) is 34.9. The summed E-state index contributed by atoms with van der Waals surface area (Å²) in [6.45, 7) is 39.6. The number of rotatable bonds is 15. The van der Waals surface area contributed by atoms with Crippen LogP contribution in [0.25, 0.3) is 21.7 Å². The molecule has 762 valence electrons. The number of allylic oxidation sites excluding steroid dienone is 2. The van der Waals surface area contributed by atoms with Crippen LogP contribution in [0.1, 0.15) is 215 Å². The number of aliphatic hydroxyl groups excluding tert-OH is 5. The molecule has 9 aliphatic rings. The van der Waals surface area contributed by atoms with Gasteiger partial charge in [0, 0.05) is 182 Å². The quantitative estimate of drug-likeness (QED) is 0.0391. The molecule has 0 radical (unpaired) electrons. The number of ketones is 2. The average molecular weight is 1930 g/mol. The van der Waals surface area contributed by atoms with Gasteiger partial charge in [0.25, 0.3) is 11.7 Å². The Balaban J connectivity index is 0.000000213. The summed E-state index contributed by atoms with van der Waals surface area (Å²) in [4.78, 5) is 109. The molecule has 13 rings (SSSR count). The number of hydrogen-bond acceptors (Lipinski definition) is 32. The maximum absolute atomic E-state index is 14.7. The van der Waals surface area contributed by atoms with Gasteiger partial charge in [0.2, 0.25) is 5.43 Å². The number of ether oxygens (including phenoxy) is 11. The number of nitrogens with zero attached hydrogens (tertiary/aromatic N) is 6. The van der Waals surface area contributed by atoms with Crippen LogP contribution in [0.4, 0.5) is 15.8 Å². The second kappa shape index (κ2) is 43.9. The summed E-state index contributed by atoms with van der Waals surface area (Å²) in [7, 11) is 8.23. The number of carbonyl (C=O) groups excluding carboxylic acids is 5. The van der Waals surface area contributed by atoms with Crippen molar-refractivity contribution in [3.05, 3.63) is 97.9 Å². The summed E-state index contributed by atoms with van der Waals surface area (Å²) in [6, 6.07) is 2.79. The molecule has 11 N–H and O–H groups in total. The van der Waals surface area contributed by atoms with Gasteiger partial charge in [-0.25, -0.2) is 14.2 Å². The molecule has 8 aliphatic heterocycles. The van der Waals surface area contributed by atoms with Crippen molar-refractivity contribution in [1.29, 1.82) is 0 Å². The van der Waals surface area contributed by atoms with Crippen molar-refractivity contribution in [2.75, 3.05) is 91.5 Å². The number of methoxy groups -OCH3 is 3. The summed E-state index contributed by atoms with van der Waals surface area (Å²) in [5, 5.41) is 109. The van der Waals surface area contributed by atoms with Gasteiger partial charge in [-0.15, -0.1) is 0 Å². The number of Topliss-reactive ketones (excluding diaryl/α,β-unsaturated/α-hetero) is 2. The lowest BCUT2D eigenvalue weighted by Crippen LogP contribution is -2.61. The van der Waals surface area contributed by atoms with Gasteiger partial charge in [-0.05, 0) is 126 Å². The number of likely N-dealkylation sites (N-methyl/N-ethyl adjacent to an activating group) is 1. The SMILES string of the molecule is CC[C@H]1OC(=O)[C@H](C)[C@@H](O[C@H]2C[C@@](C)(OC)[C@@H](O)[C@H](C)O2)[C@H](C)[C@@H](O[C@@H]2O[C@H](C)C[C@H](N(C)C)[C@H]2O)[C@](C)(OC)C[C@@H](C)C(=O)[C@H](C)[C@@H](O)[C@]1(C)O.CO[C@H]1/C=C/O[C@@]2(C)Oc3c(C)c(O)c4c(O)c(c5c(c4c3C2=O)NC2(CCN(CC(C)C)CC2)N=5)=NC(=O)/C(C)=C\C=C\[C@H](C)[C@H](O)[C@@H](C)[C@@H](O)[C@@H](C)[C@H](OC(C)=O)[C@@H]1C.O=C(O)c1cn(C2CC2)c2cc(N3CCNCC3)c(F)cc2c1=O. The van der Waals surface area contributed by atoms with Crippen LogP contribution in [0.2, 0.25) is 0 Å². The second-order valence-electron chi connectivity index (χ2n) is 41.0. The van der Waals surface area contributed by atoms with Crippen LogP contribution in [0.3, 0.4) is 0 Å². The third-order valence-electron chi connectivity index (χ3n) is 29.9. The molecule has 36 heteroatoms. The molecule has 0 unspecified atom stereocenters. The number of hydrogen-bond donors (Lipinski definition) is 11. The van der Waals surface area contributed by atoms with Crippen LogP contribution in [0.5, 0.6) is 17.2 Å². The van der Waals surface area contributed by atoms with E-state index < -0.39 is 202 Å². The maximum atomic E-state index is 14.7. The molecule has 1 amide bonds. The number of benzene rings is 3. The minimum atomic E-state index is -1.96. The number of fused-ring (bicyclic) bond motifs is 2. The maximum Gasteiger partial charge on any atom is 0.341 e. The Hall–Kier alpha value is -8.54. The van der Waals surface area contributed by atoms with Crippen molar-refractivity contribution in [2.24, 2.45) is 63.2 Å². The lowest BCUT2D eigenvalue weighted by atomic mass is 9.74. The monoisotopic (exact) mass is 1930 g/mol. The number of esters is 2. The van der Waals surface area contributed by atoms with E-state index in [1.165, 1.54) is 60.6 Å². The third kappa shape index (κ3) is 22.8. The fourth-order valence-corrected chi connectivity index (χ4v) is 21.1. The van der Waals surface area contributed by atoms with Gasteiger partial charge in [0.05, 0.1) is 100 Å². The highest BCUT2D eigenvalue weighted by molar-refractivity contribution is 6.22. The van der Waals surface area contributed by atoms with Crippen LogP contribution in [0.15, 0.2) is 69.2 Å². The van der Waals surface area contributed by atoms with Crippen molar-refractivity contribution in [1.82, 2.24) is 19.7 Å². The number of cyclic esters (lactones) is 1. The molecule has 35 nitrogen and oxygen atoms in total. The number of pyridine rings is 1. The van der Waals surface area contributed by atoms with Crippen LogP contribution in [-0.2, 0) is 66.5 Å². The predicted molar refractivity (Wildman–Crippen MR) is 507 cm³/mol. The zero-order valence-electron chi connectivity index (χ0n) is 84.1. The number of halogens is 1. The number of aromatic carboxylic acids is 1. The zero-order valence-corrected chi connectivity index (χ0v) is 84.1. The van der Waals surface area contributed by atoms with E-state index >= 15 is 0 Å². The van der Waals surface area contributed by atoms with Gasteiger partial charge < -0.3 is 128 Å². The molecule has 4 bridgehead atoms. The Bertz CT molecular complexity index is 5340. The first-order valence-corrected chi connectivity index (χ1v) is 48.2. The van der Waals surface area contributed by atoms with Gasteiger partial charge in [0.1, 0.15) is 75.1 Å². The topological polar surface area (TPSA) is 467 Å². The molecule has 9 heterocycles. The first kappa shape index (κ1) is 109. The van der Waals surface area contributed by atoms with Crippen molar-refractivity contribution in [3.8, 4) is 17.2 Å². The van der Waals surface area contributed by atoms with Gasteiger partial charge in [0.15, 0.2) is 18.3 Å². The van der Waals surface area contributed by atoms with E-state index in [-0.39, 0.29) is 104 Å². The number of phenols is 2. The number of piperidine rings is 1. The number of carbonyl (C=O) groups is 6. The number of carboxylic acid groups (broad SMARTS) is 1. The summed E-state index contributed by atoms with van der Waals surface area (Å²) >= 11 is 0. The van der Waals surface area contributed by atoms with E-state index in [0.29, 0.717) is 55.2 Å². The first-order valence-electron chi connectivity index (χ1n) is 48.2. The molecule has 1 aliphatic carbocycles. The number of aromatic nitrogens is 1. The van der Waals surface area contributed by atoms with Gasteiger partial charge >= 0.3 is 23.7 Å². The number of nitrogens with one attached hydrogen (secondary N) is 2. The molecule has 1 aromatic heterocycles. The summed E-state index contributed by atoms with van der Waals surface area (Å²) < 4.78 is 84.3. The Morgan fingerprint density at radius 2 is 1.41 bits per heavy atom. The minimum Gasteiger partial charge on any atom is -0.507 e. The van der Waals surface area contributed by atoms with Gasteiger partial charge in [-0.1, -0.05) is 87.5 Å². The number of aromatic hydroxyl groups is 2. The van der Waals surface area contributed by atoms with E-state index in [0.717, 1.165) is 45.6 Å². The van der Waals surface area contributed by atoms with Crippen molar-refractivity contribution in [3.63, 3.8) is 0 Å². The van der Waals surface area contributed by atoms with Crippen LogP contribution >= 0.6 is 0 Å². The largest absolute Gasteiger partial charge is 0.507 e. The molecule has 137 heavy (non-hydrogen) atoms. The number of aliphatic hydroxyl groups is 6. The number of likely N-dealkylation sites (tertiary alicyclic amines) is 1. The zero-order chi connectivity index (χ0) is 101. The minimum absolute atomic E-state index is 0.0538. The fourth-order valence-electron chi connectivity index (χ4n) is 21.1. The molecule has 5 saturated heterocycles. The lowest BCUT2D eigenvalue weighted by molar-refractivity contribution is -0.319. The Morgan fingerprint density at radius 3 is 2.00 bits per heavy atom. The number of carboxylic acids is 1. The molecule has 3 aromatic carbocycles. The molecule has 6 fully saturated rings. The van der Waals surface area contributed by atoms with E-state index in [1.807, 2.05) is 42.3 Å². The Morgan fingerprint density at radius 1 is 0.759 bits per heavy atom.